The average Bonchev–Trinajstić information content (AvgIpc) is 2.38. The van der Waals surface area contributed by atoms with Crippen LogP contribution >= 0.6 is 0 Å². The quantitative estimate of drug-likeness (QED) is 0.790. The lowest BCUT2D eigenvalue weighted by molar-refractivity contribution is 0.271. The van der Waals surface area contributed by atoms with E-state index >= 15 is 0 Å². The third-order valence-electron chi connectivity index (χ3n) is 2.96. The minimum atomic E-state index is 0.0524. The van der Waals surface area contributed by atoms with E-state index in [0.29, 0.717) is 0 Å². The third-order valence-corrected chi connectivity index (χ3v) is 2.96. The highest BCUT2D eigenvalue weighted by Gasteiger charge is 2.11. The maximum absolute atomic E-state index is 6.23. The highest BCUT2D eigenvalue weighted by molar-refractivity contribution is 5.30. The molecule has 3 nitrogen and oxygen atoms in total. The number of nitrogens with two attached hydrogens (primary N) is 1. The molecule has 0 heterocycles. The van der Waals surface area contributed by atoms with E-state index in [9.17, 15) is 0 Å². The van der Waals surface area contributed by atoms with Gasteiger partial charge < -0.3 is 15.4 Å². The van der Waals surface area contributed by atoms with Gasteiger partial charge in [0.05, 0.1) is 7.11 Å². The Morgan fingerprint density at radius 2 is 2.12 bits per heavy atom. The maximum Gasteiger partial charge on any atom is 0.119 e. The van der Waals surface area contributed by atoms with Crippen molar-refractivity contribution in [3.8, 4) is 5.75 Å². The zero-order valence-corrected chi connectivity index (χ0v) is 11.1. The summed E-state index contributed by atoms with van der Waals surface area (Å²) in [4.78, 5) is 2.38. The number of nitrogens with zero attached hydrogens (tertiary/aromatic N) is 1. The second-order valence-corrected chi connectivity index (χ2v) is 4.28. The largest absolute Gasteiger partial charge is 0.497 e. The fourth-order valence-corrected chi connectivity index (χ4v) is 1.95. The monoisotopic (exact) mass is 236 g/mol. The van der Waals surface area contributed by atoms with Crippen LogP contribution in [0.3, 0.4) is 0 Å². The topological polar surface area (TPSA) is 38.5 Å². The molecule has 1 unspecified atom stereocenters. The van der Waals surface area contributed by atoms with Gasteiger partial charge in [0.15, 0.2) is 0 Å². The van der Waals surface area contributed by atoms with Gasteiger partial charge in [0.25, 0.3) is 0 Å². The Labute approximate surface area is 105 Å². The van der Waals surface area contributed by atoms with Crippen molar-refractivity contribution < 1.29 is 4.74 Å². The van der Waals surface area contributed by atoms with Crippen molar-refractivity contribution in [2.24, 2.45) is 5.73 Å². The highest BCUT2D eigenvalue weighted by atomic mass is 16.5. The van der Waals surface area contributed by atoms with Crippen molar-refractivity contribution in [3.63, 3.8) is 0 Å². The predicted octanol–water partition coefficient (Wildman–Crippen LogP) is 2.43. The van der Waals surface area contributed by atoms with Crippen molar-refractivity contribution in [3.05, 3.63) is 29.8 Å². The van der Waals surface area contributed by atoms with Crippen LogP contribution < -0.4 is 10.5 Å². The number of benzene rings is 1. The SMILES string of the molecule is CCCN(CC)CC(N)c1cccc(OC)c1. The molecular formula is C14H24N2O. The van der Waals surface area contributed by atoms with Crippen molar-refractivity contribution in [2.45, 2.75) is 26.3 Å². The zero-order chi connectivity index (χ0) is 12.7. The van der Waals surface area contributed by atoms with Crippen LogP contribution in [0.5, 0.6) is 5.75 Å². The first-order chi connectivity index (χ1) is 8.21. The van der Waals surface area contributed by atoms with Crippen molar-refractivity contribution >= 4 is 0 Å². The van der Waals surface area contributed by atoms with Gasteiger partial charge >= 0.3 is 0 Å². The number of ether oxygens (including phenoxy) is 1. The average molecular weight is 236 g/mol. The minimum absolute atomic E-state index is 0.0524. The van der Waals surface area contributed by atoms with E-state index in [4.69, 9.17) is 10.5 Å². The molecule has 2 N–H and O–H groups in total. The van der Waals surface area contributed by atoms with Crippen LogP contribution in [-0.4, -0.2) is 31.6 Å². The van der Waals surface area contributed by atoms with Gasteiger partial charge in [-0.2, -0.15) is 0 Å². The van der Waals surface area contributed by atoms with Crippen LogP contribution in [0.15, 0.2) is 24.3 Å². The van der Waals surface area contributed by atoms with Crippen molar-refractivity contribution in [1.29, 1.82) is 0 Å². The Morgan fingerprint density at radius 3 is 2.71 bits per heavy atom. The lowest BCUT2D eigenvalue weighted by Crippen LogP contribution is -2.32. The van der Waals surface area contributed by atoms with E-state index < -0.39 is 0 Å². The van der Waals surface area contributed by atoms with E-state index in [1.807, 2.05) is 18.2 Å². The second kappa shape index (κ2) is 7.30. The molecule has 0 aliphatic rings. The number of methoxy groups -OCH3 is 1. The molecule has 0 fully saturated rings. The Morgan fingerprint density at radius 1 is 1.35 bits per heavy atom. The van der Waals surface area contributed by atoms with E-state index in [2.05, 4.69) is 24.8 Å². The summed E-state index contributed by atoms with van der Waals surface area (Å²) in [6.45, 7) is 7.42. The number of rotatable bonds is 7. The van der Waals surface area contributed by atoms with Gasteiger partial charge in [-0.25, -0.2) is 0 Å². The van der Waals surface area contributed by atoms with E-state index in [0.717, 1.165) is 30.9 Å². The molecule has 0 saturated carbocycles. The molecule has 1 atom stereocenters. The molecule has 0 aromatic heterocycles. The fourth-order valence-electron chi connectivity index (χ4n) is 1.95. The van der Waals surface area contributed by atoms with E-state index in [1.165, 1.54) is 6.42 Å². The summed E-state index contributed by atoms with van der Waals surface area (Å²) in [6.07, 6.45) is 1.17. The van der Waals surface area contributed by atoms with Crippen molar-refractivity contribution in [1.82, 2.24) is 4.90 Å². The molecular weight excluding hydrogens is 212 g/mol. The van der Waals surface area contributed by atoms with Crippen LogP contribution in [0.1, 0.15) is 31.9 Å². The van der Waals surface area contributed by atoms with Crippen LogP contribution in [0, 0.1) is 0 Å². The first-order valence-electron chi connectivity index (χ1n) is 6.33. The van der Waals surface area contributed by atoms with E-state index in [1.54, 1.807) is 7.11 Å². The molecule has 1 aromatic rings. The minimum Gasteiger partial charge on any atom is -0.497 e. The number of hydrogen-bond donors (Lipinski definition) is 1. The molecule has 96 valence electrons. The standard InChI is InChI=1S/C14H24N2O/c1-4-9-16(5-2)11-14(15)12-7-6-8-13(10-12)17-3/h6-8,10,14H,4-5,9,11,15H2,1-3H3. The lowest BCUT2D eigenvalue weighted by Gasteiger charge is -2.24. The van der Waals surface area contributed by atoms with Crippen LogP contribution in [0.2, 0.25) is 0 Å². The molecule has 0 aliphatic carbocycles. The predicted molar refractivity (Wildman–Crippen MR) is 72.3 cm³/mol. The molecule has 1 aromatic carbocycles. The normalized spacial score (nSPS) is 12.8. The van der Waals surface area contributed by atoms with Gasteiger partial charge in [0.2, 0.25) is 0 Å². The highest BCUT2D eigenvalue weighted by Crippen LogP contribution is 2.18. The summed E-state index contributed by atoms with van der Waals surface area (Å²) in [5.41, 5.74) is 7.37. The first kappa shape index (κ1) is 14.0. The summed E-state index contributed by atoms with van der Waals surface area (Å²) in [7, 11) is 1.68. The fraction of sp³-hybridized carbons (Fsp3) is 0.571. The van der Waals surface area contributed by atoms with Crippen LogP contribution in [0.4, 0.5) is 0 Å². The van der Waals surface area contributed by atoms with Crippen LogP contribution in [0.25, 0.3) is 0 Å². The molecule has 17 heavy (non-hydrogen) atoms. The molecule has 1 rings (SSSR count). The number of hydrogen-bond acceptors (Lipinski definition) is 3. The van der Waals surface area contributed by atoms with Crippen molar-refractivity contribution in [2.75, 3.05) is 26.7 Å². The Kier molecular flexibility index (Phi) is 6.01. The van der Waals surface area contributed by atoms with E-state index in [-0.39, 0.29) is 6.04 Å². The van der Waals surface area contributed by atoms with Gasteiger partial charge in [-0.1, -0.05) is 26.0 Å². The van der Waals surface area contributed by atoms with Crippen LogP contribution in [-0.2, 0) is 0 Å². The zero-order valence-electron chi connectivity index (χ0n) is 11.1. The molecule has 3 heteroatoms. The molecule has 0 aliphatic heterocycles. The second-order valence-electron chi connectivity index (χ2n) is 4.28. The summed E-state index contributed by atoms with van der Waals surface area (Å²) in [6, 6.07) is 8.07. The molecule has 0 radical (unpaired) electrons. The third kappa shape index (κ3) is 4.36. The Balaban J connectivity index is 2.64. The Bertz CT molecular complexity index is 328. The molecule has 0 amide bonds. The summed E-state index contributed by atoms with van der Waals surface area (Å²) in [5.74, 6) is 0.872. The van der Waals surface area contributed by atoms with Gasteiger partial charge in [0, 0.05) is 12.6 Å². The molecule has 0 saturated heterocycles. The van der Waals surface area contributed by atoms with Gasteiger partial charge in [-0.3, -0.25) is 0 Å². The van der Waals surface area contributed by atoms with Gasteiger partial charge in [-0.05, 0) is 37.2 Å². The summed E-state index contributed by atoms with van der Waals surface area (Å²) >= 11 is 0. The lowest BCUT2D eigenvalue weighted by atomic mass is 10.1. The first-order valence-corrected chi connectivity index (χ1v) is 6.33. The smallest absolute Gasteiger partial charge is 0.119 e. The van der Waals surface area contributed by atoms with Gasteiger partial charge in [-0.15, -0.1) is 0 Å². The summed E-state index contributed by atoms with van der Waals surface area (Å²) < 4.78 is 5.21. The maximum atomic E-state index is 6.23. The number of likely N-dealkylation sites (N-methyl/N-ethyl adjacent to an activating group) is 1. The Hall–Kier alpha value is -1.06. The summed E-state index contributed by atoms with van der Waals surface area (Å²) in [5, 5.41) is 0. The van der Waals surface area contributed by atoms with Gasteiger partial charge in [0.1, 0.15) is 5.75 Å². The molecule has 0 spiro atoms. The molecule has 0 bridgehead atoms.